The number of Topliss-reactive ketones (excluding diaryl/α,β-unsaturated/α-hetero) is 1. The molecule has 0 unspecified atom stereocenters. The number of carbonyl (C=O) groups is 2. The summed E-state index contributed by atoms with van der Waals surface area (Å²) in [7, 11) is 0. The number of aryl methyl sites for hydroxylation is 1. The number of ether oxygens (including phenoxy) is 1. The Labute approximate surface area is 204 Å². The van der Waals surface area contributed by atoms with E-state index in [0.29, 0.717) is 11.4 Å². The normalized spacial score (nSPS) is 10.7. The zero-order valence-corrected chi connectivity index (χ0v) is 19.2. The number of hydrogen-bond acceptors (Lipinski definition) is 5. The van der Waals surface area contributed by atoms with E-state index in [4.69, 9.17) is 4.74 Å². The van der Waals surface area contributed by atoms with Gasteiger partial charge in [-0.2, -0.15) is 0 Å². The number of pyridine rings is 1. The molecule has 0 bridgehead atoms. The third kappa shape index (κ3) is 5.00. The molecule has 0 spiro atoms. The molecule has 0 aliphatic carbocycles. The van der Waals surface area contributed by atoms with Gasteiger partial charge in [0.05, 0.1) is 5.56 Å². The van der Waals surface area contributed by atoms with Crippen molar-refractivity contribution in [3.05, 3.63) is 112 Å². The molecule has 0 saturated carbocycles. The summed E-state index contributed by atoms with van der Waals surface area (Å²) in [6.45, 7) is 2.95. The number of rotatable bonds is 6. The fourth-order valence-electron chi connectivity index (χ4n) is 3.56. The van der Waals surface area contributed by atoms with Gasteiger partial charge in [0.2, 0.25) is 0 Å². The summed E-state index contributed by atoms with van der Waals surface area (Å²) in [6, 6.07) is 15.8. The fraction of sp³-hybridized carbons (Fsp3) is 0.0741. The average molecular weight is 490 g/mol. The molecular formula is C27H20F2N2O5. The Morgan fingerprint density at radius 1 is 0.917 bits per heavy atom. The Morgan fingerprint density at radius 2 is 1.64 bits per heavy atom. The molecule has 2 N–H and O–H groups in total. The third-order valence-electron chi connectivity index (χ3n) is 5.37. The molecule has 182 valence electrons. The van der Waals surface area contributed by atoms with Crippen molar-refractivity contribution in [3.8, 4) is 22.9 Å². The minimum absolute atomic E-state index is 0.0289. The largest absolute Gasteiger partial charge is 0.507 e. The SMILES string of the molecule is CC(=O)c1cc(Oc2ccc(NC(=O)c3ccc(C)n(-c4ccc(F)cc4)c3=O)cc2F)ccc1O. The molecule has 1 amide bonds. The fourth-order valence-corrected chi connectivity index (χ4v) is 3.56. The highest BCUT2D eigenvalue weighted by atomic mass is 19.1. The quantitative estimate of drug-likeness (QED) is 0.354. The van der Waals surface area contributed by atoms with Gasteiger partial charge in [0.1, 0.15) is 22.9 Å². The first-order chi connectivity index (χ1) is 17.1. The van der Waals surface area contributed by atoms with Crippen LogP contribution in [0.1, 0.15) is 33.3 Å². The van der Waals surface area contributed by atoms with Crippen LogP contribution in [0.2, 0.25) is 0 Å². The number of aromatic hydroxyl groups is 1. The number of carbonyl (C=O) groups excluding carboxylic acids is 2. The van der Waals surface area contributed by atoms with Crippen LogP contribution in [0.3, 0.4) is 0 Å². The van der Waals surface area contributed by atoms with Crippen molar-refractivity contribution in [1.29, 1.82) is 0 Å². The van der Waals surface area contributed by atoms with Crippen LogP contribution in [0, 0.1) is 18.6 Å². The van der Waals surface area contributed by atoms with Crippen LogP contribution in [0.15, 0.2) is 77.6 Å². The Morgan fingerprint density at radius 3 is 2.31 bits per heavy atom. The summed E-state index contributed by atoms with van der Waals surface area (Å²) in [4.78, 5) is 37.4. The lowest BCUT2D eigenvalue weighted by atomic mass is 10.1. The third-order valence-corrected chi connectivity index (χ3v) is 5.37. The number of hydrogen-bond donors (Lipinski definition) is 2. The first kappa shape index (κ1) is 24.3. The standard InChI is InChI=1S/C27H20F2N2O5/c1-15-3-10-21(27(35)31(15)19-7-4-17(28)5-8-19)26(34)30-18-6-12-25(23(29)13-18)36-20-9-11-24(33)22(14-20)16(2)32/h3-14,33H,1-2H3,(H,30,34). The zero-order chi connectivity index (χ0) is 26.0. The highest BCUT2D eigenvalue weighted by molar-refractivity contribution is 6.04. The number of amides is 1. The maximum absolute atomic E-state index is 14.7. The predicted octanol–water partition coefficient (Wildman–Crippen LogP) is 5.38. The first-order valence-electron chi connectivity index (χ1n) is 10.8. The van der Waals surface area contributed by atoms with E-state index in [-0.39, 0.29) is 39.8 Å². The topological polar surface area (TPSA) is 97.6 Å². The summed E-state index contributed by atoms with van der Waals surface area (Å²) in [6.07, 6.45) is 0. The Bertz CT molecular complexity index is 1550. The second kappa shape index (κ2) is 9.83. The average Bonchev–Trinajstić information content (AvgIpc) is 2.83. The lowest BCUT2D eigenvalue weighted by Crippen LogP contribution is -2.29. The summed E-state index contributed by atoms with van der Waals surface area (Å²) in [5.41, 5.74) is 0.232. The number of phenols is 1. The second-order valence-electron chi connectivity index (χ2n) is 7.94. The molecule has 0 saturated heterocycles. The molecule has 4 aromatic rings. The van der Waals surface area contributed by atoms with Crippen LogP contribution in [0.5, 0.6) is 17.2 Å². The van der Waals surface area contributed by atoms with Crippen molar-refractivity contribution < 1.29 is 28.2 Å². The molecule has 36 heavy (non-hydrogen) atoms. The van der Waals surface area contributed by atoms with Crippen molar-refractivity contribution in [2.45, 2.75) is 13.8 Å². The Hall–Kier alpha value is -4.79. The zero-order valence-electron chi connectivity index (χ0n) is 19.2. The van der Waals surface area contributed by atoms with Gasteiger partial charge in [0, 0.05) is 23.1 Å². The van der Waals surface area contributed by atoms with E-state index < -0.39 is 23.1 Å². The molecule has 0 aliphatic rings. The molecule has 1 heterocycles. The van der Waals surface area contributed by atoms with Crippen LogP contribution < -0.4 is 15.6 Å². The molecule has 0 fully saturated rings. The van der Waals surface area contributed by atoms with Crippen molar-refractivity contribution in [1.82, 2.24) is 4.57 Å². The molecule has 3 aromatic carbocycles. The van der Waals surface area contributed by atoms with Crippen molar-refractivity contribution in [2.75, 3.05) is 5.32 Å². The monoisotopic (exact) mass is 490 g/mol. The summed E-state index contributed by atoms with van der Waals surface area (Å²) in [5.74, 6) is -2.67. The van der Waals surface area contributed by atoms with E-state index in [9.17, 15) is 28.3 Å². The van der Waals surface area contributed by atoms with Gasteiger partial charge < -0.3 is 15.2 Å². The van der Waals surface area contributed by atoms with Gasteiger partial charge in [-0.05, 0) is 80.6 Å². The van der Waals surface area contributed by atoms with Crippen LogP contribution >= 0.6 is 0 Å². The summed E-state index contributed by atoms with van der Waals surface area (Å²) in [5, 5.41) is 12.2. The van der Waals surface area contributed by atoms with Gasteiger partial charge in [-0.15, -0.1) is 0 Å². The minimum Gasteiger partial charge on any atom is -0.507 e. The van der Waals surface area contributed by atoms with Gasteiger partial charge in [0.15, 0.2) is 17.3 Å². The van der Waals surface area contributed by atoms with Gasteiger partial charge in [-0.1, -0.05) is 0 Å². The van der Waals surface area contributed by atoms with Crippen LogP contribution in [0.25, 0.3) is 5.69 Å². The van der Waals surface area contributed by atoms with Crippen LogP contribution in [-0.2, 0) is 0 Å². The number of ketones is 1. The number of halogens is 2. The van der Waals surface area contributed by atoms with E-state index >= 15 is 0 Å². The van der Waals surface area contributed by atoms with Crippen molar-refractivity contribution in [2.24, 2.45) is 0 Å². The van der Waals surface area contributed by atoms with Gasteiger partial charge in [0.25, 0.3) is 11.5 Å². The molecule has 9 heteroatoms. The smallest absolute Gasteiger partial charge is 0.268 e. The molecule has 0 radical (unpaired) electrons. The van der Waals surface area contributed by atoms with Crippen LogP contribution in [-0.4, -0.2) is 21.4 Å². The van der Waals surface area contributed by atoms with Gasteiger partial charge >= 0.3 is 0 Å². The summed E-state index contributed by atoms with van der Waals surface area (Å²) < 4.78 is 34.7. The van der Waals surface area contributed by atoms with E-state index in [1.807, 2.05) is 0 Å². The molecule has 4 rings (SSSR count). The molecular weight excluding hydrogens is 470 g/mol. The first-order valence-corrected chi connectivity index (χ1v) is 10.8. The number of benzene rings is 3. The van der Waals surface area contributed by atoms with Crippen LogP contribution in [0.4, 0.5) is 14.5 Å². The number of nitrogens with one attached hydrogen (secondary N) is 1. The Kier molecular flexibility index (Phi) is 6.64. The van der Waals surface area contributed by atoms with Gasteiger partial charge in [-0.3, -0.25) is 19.0 Å². The lowest BCUT2D eigenvalue weighted by molar-refractivity contribution is 0.101. The van der Waals surface area contributed by atoms with Crippen molar-refractivity contribution in [3.63, 3.8) is 0 Å². The highest BCUT2D eigenvalue weighted by Gasteiger charge is 2.17. The van der Waals surface area contributed by atoms with Crippen molar-refractivity contribution >= 4 is 17.4 Å². The Balaban J connectivity index is 1.56. The van der Waals surface area contributed by atoms with E-state index in [0.717, 1.165) is 6.07 Å². The summed E-state index contributed by atoms with van der Waals surface area (Å²) >= 11 is 0. The maximum atomic E-state index is 14.7. The predicted molar refractivity (Wildman–Crippen MR) is 129 cm³/mol. The molecule has 0 atom stereocenters. The number of aromatic nitrogens is 1. The number of phenolic OH excluding ortho intramolecular Hbond substituents is 1. The lowest BCUT2D eigenvalue weighted by Gasteiger charge is -2.13. The van der Waals surface area contributed by atoms with Gasteiger partial charge in [-0.25, -0.2) is 8.78 Å². The minimum atomic E-state index is -0.808. The molecule has 1 aromatic heterocycles. The number of nitrogens with zero attached hydrogens (tertiary/aromatic N) is 1. The van der Waals surface area contributed by atoms with E-state index in [2.05, 4.69) is 5.32 Å². The maximum Gasteiger partial charge on any atom is 0.268 e. The van der Waals surface area contributed by atoms with E-state index in [1.165, 1.54) is 72.2 Å². The number of anilines is 1. The highest BCUT2D eigenvalue weighted by Crippen LogP contribution is 2.30. The molecule has 7 nitrogen and oxygen atoms in total. The second-order valence-corrected chi connectivity index (χ2v) is 7.94. The van der Waals surface area contributed by atoms with E-state index in [1.54, 1.807) is 13.0 Å². The molecule has 0 aliphatic heterocycles.